The summed E-state index contributed by atoms with van der Waals surface area (Å²) in [5.74, 6) is 1.33. The topological polar surface area (TPSA) is 83.4 Å². The van der Waals surface area contributed by atoms with E-state index >= 15 is 0 Å². The first-order valence-corrected chi connectivity index (χ1v) is 9.60. The van der Waals surface area contributed by atoms with Gasteiger partial charge < -0.3 is 20.1 Å². The van der Waals surface area contributed by atoms with Crippen molar-refractivity contribution >= 4 is 17.3 Å². The van der Waals surface area contributed by atoms with Gasteiger partial charge in [-0.25, -0.2) is 0 Å². The fraction of sp³-hybridized carbons (Fsp3) is 0.167. The van der Waals surface area contributed by atoms with Crippen molar-refractivity contribution in [2.45, 2.75) is 6.42 Å². The molecule has 152 valence electrons. The first kappa shape index (κ1) is 20.7. The normalized spacial score (nSPS) is 10.0. The molecule has 0 saturated carbocycles. The molecule has 0 aliphatic rings. The first-order valence-electron chi connectivity index (χ1n) is 9.60. The maximum Gasteiger partial charge on any atom is 0.255 e. The van der Waals surface area contributed by atoms with Crippen molar-refractivity contribution in [2.24, 2.45) is 0 Å². The van der Waals surface area contributed by atoms with E-state index in [9.17, 15) is 4.79 Å². The van der Waals surface area contributed by atoms with Gasteiger partial charge in [0.25, 0.3) is 5.91 Å². The Morgan fingerprint density at radius 3 is 2.17 bits per heavy atom. The highest BCUT2D eigenvalue weighted by Gasteiger charge is 2.06. The lowest BCUT2D eigenvalue weighted by Crippen LogP contribution is -2.12. The van der Waals surface area contributed by atoms with Gasteiger partial charge in [0.2, 0.25) is 0 Å². The molecule has 0 aliphatic carbocycles. The van der Waals surface area contributed by atoms with Crippen LogP contribution in [0.25, 0.3) is 0 Å². The zero-order chi connectivity index (χ0) is 21.2. The van der Waals surface area contributed by atoms with E-state index in [2.05, 4.69) is 16.7 Å². The standard InChI is InChI=1S/C24H23N3O3/c1-29-22-13-9-21(10-14-22)27-24(28)19-5-7-20(8-6-19)26-15-2-16-30-23-11-3-18(17-25)4-12-23/h3-14,26H,2,15-16H2,1H3,(H,27,28). The monoisotopic (exact) mass is 401 g/mol. The van der Waals surface area contributed by atoms with Crippen LogP contribution in [0, 0.1) is 11.3 Å². The van der Waals surface area contributed by atoms with Crippen LogP contribution in [0.4, 0.5) is 11.4 Å². The summed E-state index contributed by atoms with van der Waals surface area (Å²) in [5.41, 5.74) is 2.85. The van der Waals surface area contributed by atoms with E-state index in [0.29, 0.717) is 23.4 Å². The minimum absolute atomic E-state index is 0.164. The summed E-state index contributed by atoms with van der Waals surface area (Å²) >= 11 is 0. The summed E-state index contributed by atoms with van der Waals surface area (Å²) in [6.07, 6.45) is 0.819. The van der Waals surface area contributed by atoms with E-state index in [0.717, 1.165) is 30.2 Å². The predicted octanol–water partition coefficient (Wildman–Crippen LogP) is 4.70. The largest absolute Gasteiger partial charge is 0.497 e. The molecule has 0 heterocycles. The highest BCUT2D eigenvalue weighted by Crippen LogP contribution is 2.17. The second-order valence-corrected chi connectivity index (χ2v) is 6.52. The van der Waals surface area contributed by atoms with Crippen LogP contribution in [0.3, 0.4) is 0 Å². The van der Waals surface area contributed by atoms with E-state index < -0.39 is 0 Å². The lowest BCUT2D eigenvalue weighted by molar-refractivity contribution is 0.102. The van der Waals surface area contributed by atoms with E-state index in [1.54, 1.807) is 67.8 Å². The summed E-state index contributed by atoms with van der Waals surface area (Å²) in [6, 6.07) is 23.7. The Morgan fingerprint density at radius 2 is 1.53 bits per heavy atom. The molecule has 0 aromatic heterocycles. The molecular formula is C24H23N3O3. The van der Waals surface area contributed by atoms with Crippen LogP contribution in [-0.4, -0.2) is 26.2 Å². The van der Waals surface area contributed by atoms with Gasteiger partial charge in [-0.2, -0.15) is 5.26 Å². The maximum atomic E-state index is 12.4. The number of nitrogens with one attached hydrogen (secondary N) is 2. The molecule has 6 heteroatoms. The number of carbonyl (C=O) groups is 1. The smallest absolute Gasteiger partial charge is 0.255 e. The van der Waals surface area contributed by atoms with Gasteiger partial charge in [-0.1, -0.05) is 0 Å². The molecule has 0 fully saturated rings. The average Bonchev–Trinajstić information content (AvgIpc) is 2.80. The summed E-state index contributed by atoms with van der Waals surface area (Å²) < 4.78 is 10.8. The molecule has 0 saturated heterocycles. The maximum absolute atomic E-state index is 12.4. The molecule has 6 nitrogen and oxygen atoms in total. The zero-order valence-corrected chi connectivity index (χ0v) is 16.7. The van der Waals surface area contributed by atoms with Gasteiger partial charge in [-0.15, -0.1) is 0 Å². The molecule has 0 unspecified atom stereocenters. The number of carbonyl (C=O) groups excluding carboxylic acids is 1. The molecule has 3 aromatic carbocycles. The van der Waals surface area contributed by atoms with Gasteiger partial charge >= 0.3 is 0 Å². The Hall–Kier alpha value is -3.98. The van der Waals surface area contributed by atoms with Crippen LogP contribution < -0.4 is 20.1 Å². The van der Waals surface area contributed by atoms with Gasteiger partial charge in [0.1, 0.15) is 11.5 Å². The van der Waals surface area contributed by atoms with Crippen molar-refractivity contribution in [3.63, 3.8) is 0 Å². The number of hydrogen-bond acceptors (Lipinski definition) is 5. The molecular weight excluding hydrogens is 378 g/mol. The summed E-state index contributed by atoms with van der Waals surface area (Å²) in [6.45, 7) is 1.31. The summed E-state index contributed by atoms with van der Waals surface area (Å²) in [5, 5.41) is 15.0. The Labute approximate surface area is 176 Å². The number of anilines is 2. The van der Waals surface area contributed by atoms with Crippen molar-refractivity contribution in [2.75, 3.05) is 30.9 Å². The average molecular weight is 401 g/mol. The Morgan fingerprint density at radius 1 is 0.900 bits per heavy atom. The van der Waals surface area contributed by atoms with Crippen molar-refractivity contribution in [3.05, 3.63) is 83.9 Å². The fourth-order valence-corrected chi connectivity index (χ4v) is 2.74. The first-order chi connectivity index (χ1) is 14.7. The van der Waals surface area contributed by atoms with E-state index in [4.69, 9.17) is 14.7 Å². The lowest BCUT2D eigenvalue weighted by Gasteiger charge is -2.10. The third-order valence-corrected chi connectivity index (χ3v) is 4.40. The Bertz CT molecular complexity index is 992. The van der Waals surface area contributed by atoms with Crippen LogP contribution in [0.5, 0.6) is 11.5 Å². The van der Waals surface area contributed by atoms with Crippen molar-refractivity contribution in [3.8, 4) is 17.6 Å². The minimum Gasteiger partial charge on any atom is -0.497 e. The quantitative estimate of drug-likeness (QED) is 0.508. The Balaban J connectivity index is 1.40. The van der Waals surface area contributed by atoms with E-state index in [-0.39, 0.29) is 5.91 Å². The van der Waals surface area contributed by atoms with Crippen molar-refractivity contribution in [1.82, 2.24) is 0 Å². The number of benzene rings is 3. The molecule has 2 N–H and O–H groups in total. The lowest BCUT2D eigenvalue weighted by atomic mass is 10.2. The van der Waals surface area contributed by atoms with E-state index in [1.807, 2.05) is 12.1 Å². The Kier molecular flexibility index (Phi) is 7.28. The van der Waals surface area contributed by atoms with Gasteiger partial charge in [0.05, 0.1) is 25.3 Å². The van der Waals surface area contributed by atoms with Crippen molar-refractivity contribution < 1.29 is 14.3 Å². The predicted molar refractivity (Wildman–Crippen MR) is 117 cm³/mol. The van der Waals surface area contributed by atoms with Gasteiger partial charge in [0, 0.05) is 23.5 Å². The number of nitrogens with zero attached hydrogens (tertiary/aromatic N) is 1. The molecule has 0 spiro atoms. The number of hydrogen-bond donors (Lipinski definition) is 2. The molecule has 0 aliphatic heterocycles. The third kappa shape index (κ3) is 6.01. The number of amides is 1. The van der Waals surface area contributed by atoms with Crippen LogP contribution in [0.15, 0.2) is 72.8 Å². The molecule has 0 bridgehead atoms. The SMILES string of the molecule is COc1ccc(NC(=O)c2ccc(NCCCOc3ccc(C#N)cc3)cc2)cc1. The number of methoxy groups -OCH3 is 1. The third-order valence-electron chi connectivity index (χ3n) is 4.40. The van der Waals surface area contributed by atoms with Gasteiger partial charge in [0.15, 0.2) is 0 Å². The fourth-order valence-electron chi connectivity index (χ4n) is 2.74. The molecule has 3 aromatic rings. The molecule has 0 radical (unpaired) electrons. The van der Waals surface area contributed by atoms with Crippen LogP contribution in [0.2, 0.25) is 0 Å². The number of ether oxygens (including phenoxy) is 2. The second-order valence-electron chi connectivity index (χ2n) is 6.52. The van der Waals surface area contributed by atoms with E-state index in [1.165, 1.54) is 0 Å². The molecule has 1 amide bonds. The molecule has 30 heavy (non-hydrogen) atoms. The van der Waals surface area contributed by atoms with Crippen LogP contribution in [-0.2, 0) is 0 Å². The molecule has 0 atom stereocenters. The second kappa shape index (κ2) is 10.5. The van der Waals surface area contributed by atoms with Crippen LogP contribution in [0.1, 0.15) is 22.3 Å². The van der Waals surface area contributed by atoms with Crippen molar-refractivity contribution in [1.29, 1.82) is 5.26 Å². The highest BCUT2D eigenvalue weighted by atomic mass is 16.5. The summed E-state index contributed by atoms with van der Waals surface area (Å²) in [4.78, 5) is 12.4. The highest BCUT2D eigenvalue weighted by molar-refractivity contribution is 6.04. The number of rotatable bonds is 9. The van der Waals surface area contributed by atoms with Gasteiger partial charge in [-0.05, 0) is 79.2 Å². The van der Waals surface area contributed by atoms with Crippen LogP contribution >= 0.6 is 0 Å². The minimum atomic E-state index is -0.164. The molecule has 3 rings (SSSR count). The van der Waals surface area contributed by atoms with Gasteiger partial charge in [-0.3, -0.25) is 4.79 Å². The number of nitriles is 1. The summed E-state index contributed by atoms with van der Waals surface area (Å²) in [7, 11) is 1.60. The zero-order valence-electron chi connectivity index (χ0n) is 16.7.